The van der Waals surface area contributed by atoms with Gasteiger partial charge in [-0.15, -0.1) is 0 Å². The third kappa shape index (κ3) is 3.41. The van der Waals surface area contributed by atoms with Gasteiger partial charge in [-0.3, -0.25) is 9.88 Å². The Morgan fingerprint density at radius 2 is 1.92 bits per heavy atom. The monoisotopic (exact) mass is 328 g/mol. The van der Waals surface area contributed by atoms with Gasteiger partial charge in [0.25, 0.3) is 0 Å². The summed E-state index contributed by atoms with van der Waals surface area (Å²) in [5.74, 6) is 0.401. The molecule has 3 aliphatic rings. The summed E-state index contributed by atoms with van der Waals surface area (Å²) in [5.41, 5.74) is 1.10. The maximum Gasteiger partial charge on any atom is 0.317 e. The van der Waals surface area contributed by atoms with E-state index >= 15 is 0 Å². The van der Waals surface area contributed by atoms with Crippen LogP contribution in [0.3, 0.4) is 0 Å². The van der Waals surface area contributed by atoms with Crippen LogP contribution in [0, 0.1) is 0 Å². The zero-order valence-corrected chi connectivity index (χ0v) is 14.4. The summed E-state index contributed by atoms with van der Waals surface area (Å²) in [6.07, 6.45) is 9.60. The molecule has 24 heavy (non-hydrogen) atoms. The number of piperidine rings is 1. The molecule has 1 aromatic heterocycles. The van der Waals surface area contributed by atoms with Crippen molar-refractivity contribution < 1.29 is 4.79 Å². The summed E-state index contributed by atoms with van der Waals surface area (Å²) in [6, 6.07) is 7.21. The van der Waals surface area contributed by atoms with E-state index in [1.807, 2.05) is 23.2 Å². The van der Waals surface area contributed by atoms with Crippen LogP contribution in [0.4, 0.5) is 4.79 Å². The van der Waals surface area contributed by atoms with Crippen LogP contribution in [0.15, 0.2) is 24.4 Å². The van der Waals surface area contributed by atoms with E-state index in [2.05, 4.69) is 21.3 Å². The molecule has 4 rings (SSSR count). The molecule has 2 aliphatic heterocycles. The molecule has 1 aliphatic carbocycles. The molecule has 2 saturated heterocycles. The van der Waals surface area contributed by atoms with E-state index in [1.54, 1.807) is 0 Å². The van der Waals surface area contributed by atoms with Gasteiger partial charge >= 0.3 is 6.03 Å². The van der Waals surface area contributed by atoms with E-state index in [1.165, 1.54) is 38.6 Å². The lowest BCUT2D eigenvalue weighted by Crippen LogP contribution is -2.57. The average Bonchev–Trinajstić information content (AvgIpc) is 3.09. The normalized spacial score (nSPS) is 26.3. The van der Waals surface area contributed by atoms with E-state index in [-0.39, 0.29) is 6.03 Å². The smallest absolute Gasteiger partial charge is 0.317 e. The van der Waals surface area contributed by atoms with Gasteiger partial charge in [0.05, 0.1) is 0 Å². The van der Waals surface area contributed by atoms with Crippen molar-refractivity contribution in [3.05, 3.63) is 30.1 Å². The van der Waals surface area contributed by atoms with Gasteiger partial charge in [-0.1, -0.05) is 18.9 Å². The number of nitrogens with one attached hydrogen (secondary N) is 1. The summed E-state index contributed by atoms with van der Waals surface area (Å²) < 4.78 is 0. The Bertz CT molecular complexity index is 552. The molecule has 5 heteroatoms. The number of hydrogen-bond donors (Lipinski definition) is 1. The molecule has 1 saturated carbocycles. The van der Waals surface area contributed by atoms with Gasteiger partial charge in [-0.05, 0) is 44.4 Å². The van der Waals surface area contributed by atoms with Gasteiger partial charge in [0.1, 0.15) is 0 Å². The van der Waals surface area contributed by atoms with Gasteiger partial charge in [0.15, 0.2) is 0 Å². The Morgan fingerprint density at radius 3 is 2.67 bits per heavy atom. The van der Waals surface area contributed by atoms with Gasteiger partial charge in [0.2, 0.25) is 0 Å². The number of likely N-dealkylation sites (tertiary alicyclic amines) is 2. The standard InChI is InChI=1S/C19H28N4O/c24-19(23-12-15(13-23)18-9-3-4-10-20-18)21-16-6-5-11-22(14-16)17-7-1-2-8-17/h3-4,9-10,15-17H,1-2,5-8,11-14H2,(H,21,24)/t16-/m1/s1. The van der Waals surface area contributed by atoms with Crippen LogP contribution in [-0.4, -0.2) is 59.1 Å². The maximum atomic E-state index is 12.5. The first kappa shape index (κ1) is 15.9. The topological polar surface area (TPSA) is 48.5 Å². The van der Waals surface area contributed by atoms with Crippen LogP contribution < -0.4 is 5.32 Å². The van der Waals surface area contributed by atoms with Crippen molar-refractivity contribution in [1.29, 1.82) is 0 Å². The van der Waals surface area contributed by atoms with Crippen LogP contribution in [-0.2, 0) is 0 Å². The molecule has 1 atom stereocenters. The maximum absolute atomic E-state index is 12.5. The van der Waals surface area contributed by atoms with Crippen LogP contribution in [0.25, 0.3) is 0 Å². The van der Waals surface area contributed by atoms with Gasteiger partial charge in [-0.2, -0.15) is 0 Å². The lowest BCUT2D eigenvalue weighted by Gasteiger charge is -2.41. The molecule has 3 fully saturated rings. The Morgan fingerprint density at radius 1 is 1.08 bits per heavy atom. The lowest BCUT2D eigenvalue weighted by atomic mass is 9.96. The molecule has 1 N–H and O–H groups in total. The number of amides is 2. The number of carbonyl (C=O) groups excluding carboxylic acids is 1. The molecule has 3 heterocycles. The van der Waals surface area contributed by atoms with Crippen molar-refractivity contribution in [2.45, 2.75) is 56.5 Å². The molecular formula is C19H28N4O. The van der Waals surface area contributed by atoms with Crippen molar-refractivity contribution in [2.24, 2.45) is 0 Å². The molecule has 0 bridgehead atoms. The number of pyridine rings is 1. The Kier molecular flexibility index (Phi) is 4.69. The highest BCUT2D eigenvalue weighted by atomic mass is 16.2. The molecular weight excluding hydrogens is 300 g/mol. The average molecular weight is 328 g/mol. The summed E-state index contributed by atoms with van der Waals surface area (Å²) >= 11 is 0. The summed E-state index contributed by atoms with van der Waals surface area (Å²) in [7, 11) is 0. The zero-order chi connectivity index (χ0) is 16.4. The quantitative estimate of drug-likeness (QED) is 0.928. The summed E-state index contributed by atoms with van der Waals surface area (Å²) in [5, 5.41) is 3.27. The van der Waals surface area contributed by atoms with Crippen LogP contribution in [0.5, 0.6) is 0 Å². The third-order valence-electron chi connectivity index (χ3n) is 5.90. The number of carbonyl (C=O) groups is 1. The SMILES string of the molecule is O=C(N[C@@H]1CCCN(C2CCCC2)C1)N1CC(c2ccccn2)C1. The van der Waals surface area contributed by atoms with Crippen molar-refractivity contribution >= 4 is 6.03 Å². The van der Waals surface area contributed by atoms with Gasteiger partial charge in [-0.25, -0.2) is 4.79 Å². The summed E-state index contributed by atoms with van der Waals surface area (Å²) in [6.45, 7) is 3.83. The predicted octanol–water partition coefficient (Wildman–Crippen LogP) is 2.60. The van der Waals surface area contributed by atoms with Crippen LogP contribution in [0.2, 0.25) is 0 Å². The van der Waals surface area contributed by atoms with E-state index in [0.29, 0.717) is 12.0 Å². The third-order valence-corrected chi connectivity index (χ3v) is 5.90. The lowest BCUT2D eigenvalue weighted by molar-refractivity contribution is 0.120. The number of nitrogens with zero attached hydrogens (tertiary/aromatic N) is 3. The van der Waals surface area contributed by atoms with Crippen molar-refractivity contribution in [3.8, 4) is 0 Å². The second-order valence-electron chi connectivity index (χ2n) is 7.58. The minimum Gasteiger partial charge on any atom is -0.334 e. The molecule has 0 unspecified atom stereocenters. The molecule has 0 aromatic carbocycles. The first-order valence-electron chi connectivity index (χ1n) is 9.50. The predicted molar refractivity (Wildman–Crippen MR) is 93.9 cm³/mol. The highest BCUT2D eigenvalue weighted by molar-refractivity contribution is 5.75. The number of hydrogen-bond acceptors (Lipinski definition) is 3. The van der Waals surface area contributed by atoms with Crippen molar-refractivity contribution in [3.63, 3.8) is 0 Å². The summed E-state index contributed by atoms with van der Waals surface area (Å²) in [4.78, 5) is 21.4. The van der Waals surface area contributed by atoms with E-state index < -0.39 is 0 Å². The van der Waals surface area contributed by atoms with Gasteiger partial charge < -0.3 is 10.2 Å². The fraction of sp³-hybridized carbons (Fsp3) is 0.684. The van der Waals surface area contributed by atoms with Crippen molar-refractivity contribution in [1.82, 2.24) is 20.1 Å². The molecule has 0 spiro atoms. The second kappa shape index (κ2) is 7.09. The molecule has 0 radical (unpaired) electrons. The van der Waals surface area contributed by atoms with E-state index in [4.69, 9.17) is 0 Å². The Hall–Kier alpha value is -1.62. The zero-order valence-electron chi connectivity index (χ0n) is 14.4. The Balaban J connectivity index is 1.24. The molecule has 2 amide bonds. The van der Waals surface area contributed by atoms with Crippen LogP contribution in [0.1, 0.15) is 50.1 Å². The minimum atomic E-state index is 0.112. The first-order valence-corrected chi connectivity index (χ1v) is 9.50. The van der Waals surface area contributed by atoms with Crippen LogP contribution >= 0.6 is 0 Å². The largest absolute Gasteiger partial charge is 0.334 e. The molecule has 130 valence electrons. The molecule has 5 nitrogen and oxygen atoms in total. The number of aromatic nitrogens is 1. The molecule has 1 aromatic rings. The minimum absolute atomic E-state index is 0.112. The first-order chi connectivity index (χ1) is 11.8. The van der Waals surface area contributed by atoms with Gasteiger partial charge in [0, 0.05) is 49.5 Å². The second-order valence-corrected chi connectivity index (χ2v) is 7.58. The highest BCUT2D eigenvalue weighted by Gasteiger charge is 2.34. The van der Waals surface area contributed by atoms with E-state index in [9.17, 15) is 4.79 Å². The number of rotatable bonds is 3. The number of urea groups is 1. The van der Waals surface area contributed by atoms with E-state index in [0.717, 1.165) is 37.8 Å². The highest BCUT2D eigenvalue weighted by Crippen LogP contribution is 2.27. The van der Waals surface area contributed by atoms with Crippen molar-refractivity contribution in [2.75, 3.05) is 26.2 Å². The fourth-order valence-corrected chi connectivity index (χ4v) is 4.44. The fourth-order valence-electron chi connectivity index (χ4n) is 4.44. The Labute approximate surface area is 144 Å².